The molecule has 3 rings (SSSR count). The number of ether oxygens (including phenoxy) is 1. The Kier molecular flexibility index (Phi) is 5.92. The van der Waals surface area contributed by atoms with Gasteiger partial charge in [0.1, 0.15) is 11.6 Å². The highest BCUT2D eigenvalue weighted by atomic mass is 32.2. The van der Waals surface area contributed by atoms with Gasteiger partial charge >= 0.3 is 5.69 Å². The molecule has 0 saturated heterocycles. The highest BCUT2D eigenvalue weighted by Crippen LogP contribution is 2.24. The number of benzene rings is 1. The first-order chi connectivity index (χ1) is 13.1. The molecule has 0 saturated carbocycles. The van der Waals surface area contributed by atoms with Crippen LogP contribution < -0.4 is 16.0 Å². The van der Waals surface area contributed by atoms with Gasteiger partial charge in [-0.15, -0.1) is 16.8 Å². The largest absolute Gasteiger partial charge is 0.494 e. The molecular formula is C18H19N5O3S. The number of hydrogen-bond acceptors (Lipinski definition) is 6. The van der Waals surface area contributed by atoms with Crippen LogP contribution in [0.1, 0.15) is 18.4 Å². The molecule has 0 amide bonds. The summed E-state index contributed by atoms with van der Waals surface area (Å²) in [6.45, 7) is 6.25. The van der Waals surface area contributed by atoms with Crippen molar-refractivity contribution in [3.63, 3.8) is 0 Å². The van der Waals surface area contributed by atoms with E-state index in [0.29, 0.717) is 29.0 Å². The van der Waals surface area contributed by atoms with Crippen molar-refractivity contribution in [3.05, 3.63) is 75.3 Å². The van der Waals surface area contributed by atoms with Gasteiger partial charge in [-0.1, -0.05) is 17.8 Å². The number of nitrogens with zero attached hydrogens (tertiary/aromatic N) is 3. The lowest BCUT2D eigenvalue weighted by atomic mass is 10.2. The van der Waals surface area contributed by atoms with Crippen LogP contribution in [0, 0.1) is 0 Å². The molecule has 0 bridgehead atoms. The van der Waals surface area contributed by atoms with Gasteiger partial charge in [0.15, 0.2) is 5.16 Å². The zero-order chi connectivity index (χ0) is 19.2. The minimum Gasteiger partial charge on any atom is -0.494 e. The third kappa shape index (κ3) is 4.56. The standard InChI is InChI=1S/C18H19N5O3S/c1-3-9-27-18-22-21-15(10-12-11-16(24)20-17(25)19-12)23(18)13-5-7-14(8-6-13)26-4-2/h3,5-8,11H,1,4,9-10H2,2H3,(H2,19,20,24,25). The van der Waals surface area contributed by atoms with Crippen LogP contribution in [-0.4, -0.2) is 37.1 Å². The summed E-state index contributed by atoms with van der Waals surface area (Å²) in [7, 11) is 0. The van der Waals surface area contributed by atoms with E-state index < -0.39 is 11.2 Å². The third-order valence-corrected chi connectivity index (χ3v) is 4.53. The molecule has 2 aromatic heterocycles. The van der Waals surface area contributed by atoms with E-state index in [1.165, 1.54) is 17.8 Å². The van der Waals surface area contributed by atoms with E-state index in [9.17, 15) is 9.59 Å². The van der Waals surface area contributed by atoms with Crippen LogP contribution in [0.25, 0.3) is 5.69 Å². The molecule has 3 aromatic rings. The van der Waals surface area contributed by atoms with Gasteiger partial charge in [-0.05, 0) is 31.2 Å². The molecule has 27 heavy (non-hydrogen) atoms. The second-order valence-corrected chi connectivity index (χ2v) is 6.54. The predicted octanol–water partition coefficient (Wildman–Crippen LogP) is 1.91. The van der Waals surface area contributed by atoms with Crippen LogP contribution in [0.4, 0.5) is 0 Å². The maximum atomic E-state index is 11.6. The molecule has 0 spiro atoms. The zero-order valence-corrected chi connectivity index (χ0v) is 15.6. The average Bonchev–Trinajstić information content (AvgIpc) is 3.02. The molecule has 2 N–H and O–H groups in total. The lowest BCUT2D eigenvalue weighted by Gasteiger charge is -2.11. The number of nitrogens with one attached hydrogen (secondary N) is 2. The fraction of sp³-hybridized carbons (Fsp3) is 0.222. The first kappa shape index (κ1) is 18.7. The lowest BCUT2D eigenvalue weighted by molar-refractivity contribution is 0.340. The van der Waals surface area contributed by atoms with Gasteiger partial charge in [0, 0.05) is 29.6 Å². The van der Waals surface area contributed by atoms with Crippen molar-refractivity contribution in [1.29, 1.82) is 0 Å². The Balaban J connectivity index is 2.00. The zero-order valence-electron chi connectivity index (χ0n) is 14.8. The van der Waals surface area contributed by atoms with Crippen LogP contribution >= 0.6 is 11.8 Å². The fourth-order valence-corrected chi connectivity index (χ4v) is 3.25. The van der Waals surface area contributed by atoms with Gasteiger partial charge in [0.25, 0.3) is 5.56 Å². The molecule has 140 valence electrons. The summed E-state index contributed by atoms with van der Waals surface area (Å²) in [6, 6.07) is 8.92. The van der Waals surface area contributed by atoms with Crippen LogP contribution in [0.15, 0.2) is 57.7 Å². The van der Waals surface area contributed by atoms with Crippen molar-refractivity contribution in [2.24, 2.45) is 0 Å². The second kappa shape index (κ2) is 8.54. The van der Waals surface area contributed by atoms with Crippen molar-refractivity contribution >= 4 is 11.8 Å². The molecule has 0 unspecified atom stereocenters. The molecule has 8 nitrogen and oxygen atoms in total. The van der Waals surface area contributed by atoms with Crippen molar-refractivity contribution in [3.8, 4) is 11.4 Å². The number of hydrogen-bond donors (Lipinski definition) is 2. The summed E-state index contributed by atoms with van der Waals surface area (Å²) in [4.78, 5) is 27.8. The first-order valence-corrected chi connectivity index (χ1v) is 9.33. The predicted molar refractivity (Wildman–Crippen MR) is 104 cm³/mol. The topological polar surface area (TPSA) is 106 Å². The molecule has 0 aliphatic heterocycles. The molecule has 1 aromatic carbocycles. The maximum Gasteiger partial charge on any atom is 0.325 e. The van der Waals surface area contributed by atoms with Gasteiger partial charge in [0.05, 0.1) is 6.61 Å². The highest BCUT2D eigenvalue weighted by Gasteiger charge is 2.15. The van der Waals surface area contributed by atoms with Gasteiger partial charge < -0.3 is 9.72 Å². The maximum absolute atomic E-state index is 11.6. The Morgan fingerprint density at radius 3 is 2.67 bits per heavy atom. The highest BCUT2D eigenvalue weighted by molar-refractivity contribution is 7.99. The summed E-state index contributed by atoms with van der Waals surface area (Å²) >= 11 is 1.49. The van der Waals surface area contributed by atoms with Gasteiger partial charge in [-0.3, -0.25) is 14.3 Å². The minimum absolute atomic E-state index is 0.258. The average molecular weight is 385 g/mol. The van der Waals surface area contributed by atoms with Gasteiger partial charge in [0.2, 0.25) is 0 Å². The molecular weight excluding hydrogens is 366 g/mol. The number of H-pyrrole nitrogens is 2. The Hall–Kier alpha value is -3.07. The fourth-order valence-electron chi connectivity index (χ4n) is 2.54. The van der Waals surface area contributed by atoms with Crippen LogP contribution in [0.5, 0.6) is 5.75 Å². The molecule has 0 aliphatic rings. The van der Waals surface area contributed by atoms with E-state index in [-0.39, 0.29) is 6.42 Å². The van der Waals surface area contributed by atoms with Crippen molar-refractivity contribution < 1.29 is 4.74 Å². The first-order valence-electron chi connectivity index (χ1n) is 8.34. The number of rotatable bonds is 8. The number of aromatic nitrogens is 5. The van der Waals surface area contributed by atoms with Crippen LogP contribution in [-0.2, 0) is 6.42 Å². The summed E-state index contributed by atoms with van der Waals surface area (Å²) < 4.78 is 7.38. The Morgan fingerprint density at radius 1 is 1.22 bits per heavy atom. The number of aromatic amines is 2. The Bertz CT molecular complexity index is 1010. The van der Waals surface area contributed by atoms with Gasteiger partial charge in [-0.2, -0.15) is 0 Å². The summed E-state index contributed by atoms with van der Waals surface area (Å²) in [5.41, 5.74) is 0.314. The number of thioether (sulfide) groups is 1. The van der Waals surface area contributed by atoms with E-state index in [0.717, 1.165) is 11.4 Å². The smallest absolute Gasteiger partial charge is 0.325 e. The lowest BCUT2D eigenvalue weighted by Crippen LogP contribution is -2.23. The van der Waals surface area contributed by atoms with E-state index in [2.05, 4.69) is 26.7 Å². The molecule has 0 aliphatic carbocycles. The van der Waals surface area contributed by atoms with Crippen LogP contribution in [0.2, 0.25) is 0 Å². The third-order valence-electron chi connectivity index (χ3n) is 3.60. The van der Waals surface area contributed by atoms with E-state index in [1.807, 2.05) is 35.8 Å². The summed E-state index contributed by atoms with van der Waals surface area (Å²) in [5.74, 6) is 2.05. The van der Waals surface area contributed by atoms with Crippen molar-refractivity contribution in [1.82, 2.24) is 24.7 Å². The molecule has 0 radical (unpaired) electrons. The summed E-state index contributed by atoms with van der Waals surface area (Å²) in [6.07, 6.45) is 2.05. The summed E-state index contributed by atoms with van der Waals surface area (Å²) in [5, 5.41) is 9.20. The van der Waals surface area contributed by atoms with E-state index >= 15 is 0 Å². The van der Waals surface area contributed by atoms with Gasteiger partial charge in [-0.25, -0.2) is 4.79 Å². The molecule has 2 heterocycles. The monoisotopic (exact) mass is 385 g/mol. The SMILES string of the molecule is C=CCSc1nnc(Cc2cc(=O)[nH]c(=O)[nH]2)n1-c1ccc(OCC)cc1. The van der Waals surface area contributed by atoms with Crippen molar-refractivity contribution in [2.45, 2.75) is 18.5 Å². The van der Waals surface area contributed by atoms with Crippen LogP contribution in [0.3, 0.4) is 0 Å². The molecule has 9 heteroatoms. The molecule has 0 fully saturated rings. The van der Waals surface area contributed by atoms with Crippen molar-refractivity contribution in [2.75, 3.05) is 12.4 Å². The normalized spacial score (nSPS) is 10.7. The van der Waals surface area contributed by atoms with E-state index in [4.69, 9.17) is 4.74 Å². The molecule has 0 atom stereocenters. The van der Waals surface area contributed by atoms with E-state index in [1.54, 1.807) is 6.08 Å². The minimum atomic E-state index is -0.550. The second-order valence-electron chi connectivity index (χ2n) is 5.55. The Labute approximate surface area is 159 Å². The Morgan fingerprint density at radius 2 is 2.00 bits per heavy atom. The quantitative estimate of drug-likeness (QED) is 0.453.